The Balaban J connectivity index is 1.81. The van der Waals surface area contributed by atoms with Crippen LogP contribution in [0.3, 0.4) is 0 Å². The van der Waals surface area contributed by atoms with Gasteiger partial charge in [0.25, 0.3) is 0 Å². The number of amides is 1. The second kappa shape index (κ2) is 4.70. The third-order valence-electron chi connectivity index (χ3n) is 3.77. The molecule has 2 fully saturated rings. The summed E-state index contributed by atoms with van der Waals surface area (Å²) in [5.41, 5.74) is -0.982. The van der Waals surface area contributed by atoms with Crippen molar-refractivity contribution in [2.75, 3.05) is 26.2 Å². The fourth-order valence-corrected chi connectivity index (χ4v) is 2.60. The van der Waals surface area contributed by atoms with E-state index in [2.05, 4.69) is 5.32 Å². The molecule has 0 unspecified atom stereocenters. The molecule has 0 aliphatic carbocycles. The van der Waals surface area contributed by atoms with Crippen molar-refractivity contribution in [1.82, 2.24) is 10.2 Å². The number of hydrogen-bond donors (Lipinski definition) is 2. The molecular formula is C13H24N2O3. The van der Waals surface area contributed by atoms with Gasteiger partial charge in [-0.2, -0.15) is 0 Å². The number of nitrogens with one attached hydrogen (secondary N) is 1. The fraction of sp³-hybridized carbons (Fsp3) is 0.923. The zero-order valence-electron chi connectivity index (χ0n) is 11.5. The van der Waals surface area contributed by atoms with Crippen molar-refractivity contribution in [3.05, 3.63) is 0 Å². The summed E-state index contributed by atoms with van der Waals surface area (Å²) < 4.78 is 5.35. The molecule has 0 bridgehead atoms. The van der Waals surface area contributed by atoms with Crippen molar-refractivity contribution in [2.24, 2.45) is 5.92 Å². The zero-order valence-corrected chi connectivity index (χ0v) is 11.5. The summed E-state index contributed by atoms with van der Waals surface area (Å²) in [6.07, 6.45) is 1.48. The summed E-state index contributed by atoms with van der Waals surface area (Å²) >= 11 is 0. The van der Waals surface area contributed by atoms with E-state index in [0.29, 0.717) is 32.1 Å². The van der Waals surface area contributed by atoms with E-state index in [1.807, 2.05) is 20.8 Å². The highest BCUT2D eigenvalue weighted by Gasteiger charge is 2.43. The standard InChI is InChI=1S/C13H24N2O3/c1-12(2,3)18-11(16)15-6-4-10(5-7-15)13(17)8-14-9-13/h10,14,17H,4-9H2,1-3H3. The Labute approximate surface area is 108 Å². The maximum Gasteiger partial charge on any atom is 0.410 e. The highest BCUT2D eigenvalue weighted by Crippen LogP contribution is 2.31. The summed E-state index contributed by atoms with van der Waals surface area (Å²) in [5, 5.41) is 13.4. The van der Waals surface area contributed by atoms with Crippen LogP contribution in [0.5, 0.6) is 0 Å². The largest absolute Gasteiger partial charge is 0.444 e. The summed E-state index contributed by atoms with van der Waals surface area (Å²) in [5.74, 6) is 0.303. The molecule has 0 radical (unpaired) electrons. The molecule has 2 N–H and O–H groups in total. The molecule has 2 aliphatic heterocycles. The first-order chi connectivity index (χ1) is 8.30. The lowest BCUT2D eigenvalue weighted by atomic mass is 9.77. The summed E-state index contributed by atoms with van der Waals surface area (Å²) in [6.45, 7) is 8.36. The van der Waals surface area contributed by atoms with Gasteiger partial charge in [0.15, 0.2) is 0 Å². The van der Waals surface area contributed by atoms with E-state index < -0.39 is 11.2 Å². The minimum absolute atomic E-state index is 0.236. The molecule has 2 rings (SSSR count). The van der Waals surface area contributed by atoms with Crippen LogP contribution in [0.1, 0.15) is 33.6 Å². The number of ether oxygens (including phenoxy) is 1. The van der Waals surface area contributed by atoms with Crippen molar-refractivity contribution >= 4 is 6.09 Å². The van der Waals surface area contributed by atoms with Crippen molar-refractivity contribution in [1.29, 1.82) is 0 Å². The number of carbonyl (C=O) groups is 1. The van der Waals surface area contributed by atoms with Crippen LogP contribution in [0.2, 0.25) is 0 Å². The molecule has 0 saturated carbocycles. The minimum atomic E-state index is -0.542. The van der Waals surface area contributed by atoms with Gasteiger partial charge in [-0.3, -0.25) is 0 Å². The summed E-state index contributed by atoms with van der Waals surface area (Å²) in [7, 11) is 0. The van der Waals surface area contributed by atoms with Gasteiger partial charge in [-0.1, -0.05) is 0 Å². The molecule has 5 heteroatoms. The molecule has 0 aromatic carbocycles. The van der Waals surface area contributed by atoms with Crippen molar-refractivity contribution in [3.63, 3.8) is 0 Å². The van der Waals surface area contributed by atoms with Gasteiger partial charge in [0.05, 0.1) is 5.60 Å². The van der Waals surface area contributed by atoms with Gasteiger partial charge in [-0.25, -0.2) is 4.79 Å². The second-order valence-corrected chi connectivity index (χ2v) is 6.45. The van der Waals surface area contributed by atoms with Crippen LogP contribution in [0.15, 0.2) is 0 Å². The Bertz CT molecular complexity index is 313. The van der Waals surface area contributed by atoms with E-state index >= 15 is 0 Å². The molecule has 104 valence electrons. The Kier molecular flexibility index (Phi) is 3.56. The molecule has 2 saturated heterocycles. The monoisotopic (exact) mass is 256 g/mol. The van der Waals surface area contributed by atoms with Crippen LogP contribution in [0, 0.1) is 5.92 Å². The van der Waals surface area contributed by atoms with Gasteiger partial charge < -0.3 is 20.1 Å². The first-order valence-electron chi connectivity index (χ1n) is 6.71. The first-order valence-corrected chi connectivity index (χ1v) is 6.71. The minimum Gasteiger partial charge on any atom is -0.444 e. The Hall–Kier alpha value is -0.810. The number of hydrogen-bond acceptors (Lipinski definition) is 4. The van der Waals surface area contributed by atoms with Crippen LogP contribution in [0.4, 0.5) is 4.79 Å². The molecule has 0 spiro atoms. The normalized spacial score (nSPS) is 24.6. The van der Waals surface area contributed by atoms with E-state index in [0.717, 1.165) is 12.8 Å². The number of carbonyl (C=O) groups excluding carboxylic acids is 1. The van der Waals surface area contributed by atoms with Gasteiger partial charge in [-0.05, 0) is 39.5 Å². The Morgan fingerprint density at radius 3 is 2.28 bits per heavy atom. The van der Waals surface area contributed by atoms with E-state index in [1.54, 1.807) is 4.90 Å². The highest BCUT2D eigenvalue weighted by atomic mass is 16.6. The molecule has 0 aromatic heterocycles. The van der Waals surface area contributed by atoms with Crippen LogP contribution >= 0.6 is 0 Å². The van der Waals surface area contributed by atoms with E-state index in [4.69, 9.17) is 4.74 Å². The lowest BCUT2D eigenvalue weighted by Gasteiger charge is -2.47. The molecule has 18 heavy (non-hydrogen) atoms. The number of piperidine rings is 1. The quantitative estimate of drug-likeness (QED) is 0.734. The van der Waals surface area contributed by atoms with Crippen LogP contribution in [0.25, 0.3) is 0 Å². The average molecular weight is 256 g/mol. The molecular weight excluding hydrogens is 232 g/mol. The number of aliphatic hydroxyl groups is 1. The van der Waals surface area contributed by atoms with Gasteiger partial charge in [0.2, 0.25) is 0 Å². The van der Waals surface area contributed by atoms with Crippen molar-refractivity contribution < 1.29 is 14.6 Å². The second-order valence-electron chi connectivity index (χ2n) is 6.45. The number of rotatable bonds is 1. The fourth-order valence-electron chi connectivity index (χ4n) is 2.60. The van der Waals surface area contributed by atoms with Crippen molar-refractivity contribution in [2.45, 2.75) is 44.8 Å². The van der Waals surface area contributed by atoms with Gasteiger partial charge in [-0.15, -0.1) is 0 Å². The van der Waals surface area contributed by atoms with E-state index in [1.165, 1.54) is 0 Å². The zero-order chi connectivity index (χ0) is 13.4. The topological polar surface area (TPSA) is 61.8 Å². The SMILES string of the molecule is CC(C)(C)OC(=O)N1CCC(C2(O)CNC2)CC1. The first kappa shape index (κ1) is 13.6. The average Bonchev–Trinajstić information content (AvgIpc) is 2.24. The molecule has 2 aliphatic rings. The predicted octanol–water partition coefficient (Wildman–Crippen LogP) is 0.968. The highest BCUT2D eigenvalue weighted by molar-refractivity contribution is 5.68. The summed E-state index contributed by atoms with van der Waals surface area (Å²) in [4.78, 5) is 13.6. The van der Waals surface area contributed by atoms with Gasteiger partial charge in [0.1, 0.15) is 5.60 Å². The third kappa shape index (κ3) is 2.95. The lowest BCUT2D eigenvalue weighted by Crippen LogP contribution is -2.65. The maximum absolute atomic E-state index is 11.9. The number of nitrogens with zero attached hydrogens (tertiary/aromatic N) is 1. The lowest BCUT2D eigenvalue weighted by molar-refractivity contribution is -0.0806. The maximum atomic E-state index is 11.9. The van der Waals surface area contributed by atoms with Crippen LogP contribution in [-0.4, -0.2) is 53.5 Å². The number of likely N-dealkylation sites (tertiary alicyclic amines) is 1. The smallest absolute Gasteiger partial charge is 0.410 e. The van der Waals surface area contributed by atoms with Gasteiger partial charge >= 0.3 is 6.09 Å². The third-order valence-corrected chi connectivity index (χ3v) is 3.77. The molecule has 2 heterocycles. The molecule has 0 aromatic rings. The molecule has 0 atom stereocenters. The predicted molar refractivity (Wildman–Crippen MR) is 68.4 cm³/mol. The molecule has 5 nitrogen and oxygen atoms in total. The van der Waals surface area contributed by atoms with Crippen molar-refractivity contribution in [3.8, 4) is 0 Å². The Morgan fingerprint density at radius 1 is 1.33 bits per heavy atom. The van der Waals surface area contributed by atoms with Crippen LogP contribution < -0.4 is 5.32 Å². The Morgan fingerprint density at radius 2 is 1.89 bits per heavy atom. The molecule has 1 amide bonds. The van der Waals surface area contributed by atoms with Crippen LogP contribution in [-0.2, 0) is 4.74 Å². The van der Waals surface area contributed by atoms with E-state index in [-0.39, 0.29) is 6.09 Å². The van der Waals surface area contributed by atoms with E-state index in [9.17, 15) is 9.90 Å². The van der Waals surface area contributed by atoms with Gasteiger partial charge in [0, 0.05) is 26.2 Å². The summed E-state index contributed by atoms with van der Waals surface area (Å²) in [6, 6.07) is 0. The number of β-amino-alcohol motifs (C(OH)–C–C–N with tert-alkyl or cyclic N) is 1.